The maximum atomic E-state index is 10.9. The molecular weight excluding hydrogens is 234 g/mol. The zero-order valence-corrected chi connectivity index (χ0v) is 9.82. The zero-order chi connectivity index (χ0) is 13.1. The van der Waals surface area contributed by atoms with E-state index >= 15 is 0 Å². The Labute approximate surface area is 103 Å². The van der Waals surface area contributed by atoms with E-state index in [9.17, 15) is 4.79 Å². The molecule has 8 heteroatoms. The van der Waals surface area contributed by atoms with Crippen LogP contribution in [0.25, 0.3) is 5.82 Å². The molecular formula is C10H13N7O. The molecule has 2 rings (SSSR count). The first-order chi connectivity index (χ1) is 8.59. The van der Waals surface area contributed by atoms with E-state index in [2.05, 4.69) is 15.1 Å². The number of amides is 1. The Balaban J connectivity index is 2.39. The van der Waals surface area contributed by atoms with Gasteiger partial charge in [-0.1, -0.05) is 0 Å². The van der Waals surface area contributed by atoms with Crippen molar-refractivity contribution in [3.05, 3.63) is 24.8 Å². The molecule has 4 N–H and O–H groups in total. The molecule has 0 saturated heterocycles. The molecule has 0 atom stereocenters. The Hall–Kier alpha value is -2.64. The quantitative estimate of drug-likeness (QED) is 0.728. The molecule has 2 heterocycles. The summed E-state index contributed by atoms with van der Waals surface area (Å²) in [5, 5.41) is 4.04. The van der Waals surface area contributed by atoms with Gasteiger partial charge in [0.1, 0.15) is 12.0 Å². The lowest BCUT2D eigenvalue weighted by atomic mass is 10.4. The van der Waals surface area contributed by atoms with Crippen LogP contribution >= 0.6 is 0 Å². The van der Waals surface area contributed by atoms with Crippen molar-refractivity contribution < 1.29 is 4.79 Å². The molecule has 94 valence electrons. The van der Waals surface area contributed by atoms with E-state index in [0.717, 1.165) is 0 Å². The Morgan fingerprint density at radius 3 is 2.89 bits per heavy atom. The average molecular weight is 247 g/mol. The highest BCUT2D eigenvalue weighted by Crippen LogP contribution is 2.23. The number of hydrogen-bond donors (Lipinski definition) is 2. The number of nitrogens with zero attached hydrogens (tertiary/aromatic N) is 5. The molecule has 0 saturated carbocycles. The third-order valence-corrected chi connectivity index (χ3v) is 2.32. The number of nitrogens with two attached hydrogens (primary N) is 2. The Morgan fingerprint density at radius 2 is 2.28 bits per heavy atom. The fourth-order valence-corrected chi connectivity index (χ4v) is 1.57. The minimum Gasteiger partial charge on any atom is -0.393 e. The van der Waals surface area contributed by atoms with Crippen LogP contribution < -0.4 is 16.4 Å². The van der Waals surface area contributed by atoms with E-state index in [4.69, 9.17) is 11.5 Å². The molecule has 1 amide bonds. The summed E-state index contributed by atoms with van der Waals surface area (Å²) in [6, 6.07) is 1.76. The van der Waals surface area contributed by atoms with Crippen LogP contribution in [0.15, 0.2) is 24.8 Å². The first kappa shape index (κ1) is 11.8. The smallest absolute Gasteiger partial charge is 0.236 e. The normalized spacial score (nSPS) is 10.3. The van der Waals surface area contributed by atoms with Crippen molar-refractivity contribution in [1.82, 2.24) is 19.7 Å². The average Bonchev–Trinajstić information content (AvgIpc) is 2.81. The summed E-state index contributed by atoms with van der Waals surface area (Å²) >= 11 is 0. The molecule has 0 radical (unpaired) electrons. The van der Waals surface area contributed by atoms with Gasteiger partial charge in [0.25, 0.3) is 0 Å². The van der Waals surface area contributed by atoms with Crippen molar-refractivity contribution >= 4 is 17.4 Å². The zero-order valence-electron chi connectivity index (χ0n) is 9.82. The van der Waals surface area contributed by atoms with Gasteiger partial charge in [-0.25, -0.2) is 14.6 Å². The first-order valence-electron chi connectivity index (χ1n) is 5.19. The van der Waals surface area contributed by atoms with Gasteiger partial charge in [-0.2, -0.15) is 5.10 Å². The van der Waals surface area contributed by atoms with E-state index < -0.39 is 5.91 Å². The van der Waals surface area contributed by atoms with E-state index in [1.165, 1.54) is 11.0 Å². The summed E-state index contributed by atoms with van der Waals surface area (Å²) in [6.07, 6.45) is 4.70. The maximum Gasteiger partial charge on any atom is 0.236 e. The number of anilines is 2. The Kier molecular flexibility index (Phi) is 3.09. The molecule has 2 aromatic heterocycles. The van der Waals surface area contributed by atoms with Gasteiger partial charge in [0.05, 0.1) is 6.54 Å². The molecule has 0 aliphatic carbocycles. The van der Waals surface area contributed by atoms with Crippen LogP contribution in [0.5, 0.6) is 0 Å². The van der Waals surface area contributed by atoms with Gasteiger partial charge < -0.3 is 16.4 Å². The summed E-state index contributed by atoms with van der Waals surface area (Å²) in [5.74, 6) is 0.437. The number of aromatic nitrogens is 4. The van der Waals surface area contributed by atoms with Gasteiger partial charge in [0.15, 0.2) is 11.6 Å². The molecule has 0 aliphatic heterocycles. The van der Waals surface area contributed by atoms with Gasteiger partial charge in [0.2, 0.25) is 5.91 Å². The molecule has 0 bridgehead atoms. The highest BCUT2D eigenvalue weighted by molar-refractivity contribution is 5.81. The fraction of sp³-hybridized carbons (Fsp3) is 0.200. The first-order valence-corrected chi connectivity index (χ1v) is 5.19. The molecule has 0 aliphatic rings. The van der Waals surface area contributed by atoms with Crippen LogP contribution in [0.2, 0.25) is 0 Å². The van der Waals surface area contributed by atoms with Crippen molar-refractivity contribution in [2.24, 2.45) is 5.73 Å². The lowest BCUT2D eigenvalue weighted by Crippen LogP contribution is -2.31. The third kappa shape index (κ3) is 2.21. The SMILES string of the molecule is CN(CC(N)=O)c1ncnc(-n2cccn2)c1N. The number of rotatable bonds is 4. The number of primary amides is 1. The van der Waals surface area contributed by atoms with Crippen LogP contribution in [-0.4, -0.2) is 39.2 Å². The largest absolute Gasteiger partial charge is 0.393 e. The number of hydrogen-bond acceptors (Lipinski definition) is 6. The van der Waals surface area contributed by atoms with Crippen molar-refractivity contribution in [3.8, 4) is 5.82 Å². The van der Waals surface area contributed by atoms with E-state index in [1.807, 2.05) is 0 Å². The van der Waals surface area contributed by atoms with Crippen molar-refractivity contribution in [3.63, 3.8) is 0 Å². The molecule has 0 aromatic carbocycles. The minimum absolute atomic E-state index is 0.0275. The number of nitrogen functional groups attached to an aromatic ring is 1. The lowest BCUT2D eigenvalue weighted by molar-refractivity contribution is -0.116. The highest BCUT2D eigenvalue weighted by atomic mass is 16.1. The Bertz CT molecular complexity index is 551. The number of carbonyl (C=O) groups is 1. The molecule has 18 heavy (non-hydrogen) atoms. The summed E-state index contributed by atoms with van der Waals surface area (Å²) in [5.41, 5.74) is 11.4. The van der Waals surface area contributed by atoms with Crippen LogP contribution in [0, 0.1) is 0 Å². The molecule has 2 aromatic rings. The monoisotopic (exact) mass is 247 g/mol. The molecule has 8 nitrogen and oxygen atoms in total. The van der Waals surface area contributed by atoms with Crippen LogP contribution in [0.4, 0.5) is 11.5 Å². The van der Waals surface area contributed by atoms with Crippen molar-refractivity contribution in [2.45, 2.75) is 0 Å². The van der Waals surface area contributed by atoms with Crippen molar-refractivity contribution in [1.29, 1.82) is 0 Å². The molecule has 0 unspecified atom stereocenters. The molecule has 0 spiro atoms. The third-order valence-electron chi connectivity index (χ3n) is 2.32. The van der Waals surface area contributed by atoms with E-state index in [0.29, 0.717) is 17.3 Å². The summed E-state index contributed by atoms with van der Waals surface area (Å²) in [6.45, 7) is 0.0275. The second kappa shape index (κ2) is 4.70. The second-order valence-corrected chi connectivity index (χ2v) is 3.71. The van der Waals surface area contributed by atoms with E-state index in [-0.39, 0.29) is 6.54 Å². The predicted molar refractivity (Wildman–Crippen MR) is 66.0 cm³/mol. The predicted octanol–water partition coefficient (Wildman–Crippen LogP) is -0.834. The van der Waals surface area contributed by atoms with Crippen molar-refractivity contribution in [2.75, 3.05) is 24.2 Å². The fourth-order valence-electron chi connectivity index (χ4n) is 1.57. The van der Waals surface area contributed by atoms with Gasteiger partial charge in [-0.05, 0) is 6.07 Å². The summed E-state index contributed by atoms with van der Waals surface area (Å²) in [7, 11) is 1.68. The van der Waals surface area contributed by atoms with Crippen LogP contribution in [0.3, 0.4) is 0 Å². The number of carbonyl (C=O) groups excluding carboxylic acids is 1. The second-order valence-electron chi connectivity index (χ2n) is 3.71. The minimum atomic E-state index is -0.462. The number of likely N-dealkylation sites (N-methyl/N-ethyl adjacent to an activating group) is 1. The topological polar surface area (TPSA) is 116 Å². The lowest BCUT2D eigenvalue weighted by Gasteiger charge is -2.18. The standard InChI is InChI=1S/C10H13N7O/c1-16(5-7(11)18)9-8(12)10(14-6-13-9)17-4-2-3-15-17/h2-4,6H,5,12H2,1H3,(H2,11,18). The summed E-state index contributed by atoms with van der Waals surface area (Å²) < 4.78 is 1.53. The highest BCUT2D eigenvalue weighted by Gasteiger charge is 2.14. The van der Waals surface area contributed by atoms with Gasteiger partial charge >= 0.3 is 0 Å². The van der Waals surface area contributed by atoms with Gasteiger partial charge in [-0.15, -0.1) is 0 Å². The van der Waals surface area contributed by atoms with E-state index in [1.54, 1.807) is 30.4 Å². The maximum absolute atomic E-state index is 10.9. The van der Waals surface area contributed by atoms with Crippen LogP contribution in [-0.2, 0) is 4.79 Å². The van der Waals surface area contributed by atoms with Gasteiger partial charge in [0, 0.05) is 19.4 Å². The van der Waals surface area contributed by atoms with Gasteiger partial charge in [-0.3, -0.25) is 4.79 Å². The van der Waals surface area contributed by atoms with Crippen LogP contribution in [0.1, 0.15) is 0 Å². The Morgan fingerprint density at radius 1 is 1.50 bits per heavy atom. The summed E-state index contributed by atoms with van der Waals surface area (Å²) in [4.78, 5) is 20.6. The molecule has 0 fully saturated rings.